The van der Waals surface area contributed by atoms with E-state index < -0.39 is 0 Å². The van der Waals surface area contributed by atoms with Crippen molar-refractivity contribution in [2.75, 3.05) is 26.2 Å². The summed E-state index contributed by atoms with van der Waals surface area (Å²) in [5.74, 6) is 0. The van der Waals surface area contributed by atoms with Crippen LogP contribution < -0.4 is 22.9 Å². The minimum Gasteiger partial charge on any atom is -0.329 e. The van der Waals surface area contributed by atoms with Gasteiger partial charge in [-0.2, -0.15) is 0 Å². The average molecular weight is 221 g/mol. The molecule has 0 radical (unpaired) electrons. The van der Waals surface area contributed by atoms with Gasteiger partial charge in [-0.05, 0) is 0 Å². The fraction of sp³-hybridized carbons (Fsp3) is 1.00. The van der Waals surface area contributed by atoms with Gasteiger partial charge >= 0.3 is 0 Å². The van der Waals surface area contributed by atoms with E-state index in [0.717, 1.165) is 0 Å². The predicted octanol–water partition coefficient (Wildman–Crippen LogP) is -2.19. The van der Waals surface area contributed by atoms with Gasteiger partial charge in [-0.3, -0.25) is 0 Å². The second-order valence-electron chi connectivity index (χ2n) is 1.15. The van der Waals surface area contributed by atoms with Crippen molar-refractivity contribution < 1.29 is 19.5 Å². The second kappa shape index (κ2) is 23.7. The summed E-state index contributed by atoms with van der Waals surface area (Å²) in [7, 11) is 0. The fourth-order valence-electron chi connectivity index (χ4n) is 0. The van der Waals surface area contributed by atoms with Gasteiger partial charge in [0, 0.05) is 45.7 Å². The van der Waals surface area contributed by atoms with E-state index in [1.807, 2.05) is 0 Å². The van der Waals surface area contributed by atoms with Crippen molar-refractivity contribution in [3.05, 3.63) is 0 Å². The molecule has 0 amide bonds. The van der Waals surface area contributed by atoms with Crippen LogP contribution in [0.25, 0.3) is 0 Å². The quantitative estimate of drug-likeness (QED) is 0.397. The van der Waals surface area contributed by atoms with Crippen LogP contribution in [0.1, 0.15) is 0 Å². The summed E-state index contributed by atoms with van der Waals surface area (Å²) in [4.78, 5) is 0. The Morgan fingerprint density at radius 2 is 0.667 bits per heavy atom. The van der Waals surface area contributed by atoms with Crippen molar-refractivity contribution in [1.29, 1.82) is 0 Å². The molecular formula is C4H16N4Ru. The Kier molecular flexibility index (Phi) is 42.7. The maximum absolute atomic E-state index is 4.90. The zero-order chi connectivity index (χ0) is 6.83. The summed E-state index contributed by atoms with van der Waals surface area (Å²) in [5, 5.41) is 0. The molecule has 0 atom stereocenters. The monoisotopic (exact) mass is 222 g/mol. The van der Waals surface area contributed by atoms with Gasteiger partial charge in [-0.1, -0.05) is 0 Å². The zero-order valence-electron chi connectivity index (χ0n) is 5.49. The number of hydrogen-bond donors (Lipinski definition) is 4. The van der Waals surface area contributed by atoms with Crippen molar-refractivity contribution in [3.63, 3.8) is 0 Å². The molecule has 0 fully saturated rings. The minimum atomic E-state index is 0. The normalized spacial score (nSPS) is 6.67. The van der Waals surface area contributed by atoms with Gasteiger partial charge in [-0.15, -0.1) is 0 Å². The standard InChI is InChI=1S/2C2H8N2.Ru/c2*3-1-2-4;/h2*1-4H2;. The molecule has 0 saturated heterocycles. The molecule has 0 bridgehead atoms. The van der Waals surface area contributed by atoms with Crippen molar-refractivity contribution in [2.24, 2.45) is 22.9 Å². The molecule has 9 heavy (non-hydrogen) atoms. The van der Waals surface area contributed by atoms with E-state index in [4.69, 9.17) is 22.9 Å². The van der Waals surface area contributed by atoms with Crippen LogP contribution in [0.15, 0.2) is 0 Å². The molecule has 0 aromatic rings. The first-order chi connectivity index (χ1) is 3.83. The van der Waals surface area contributed by atoms with Crippen LogP contribution in [-0.2, 0) is 19.5 Å². The van der Waals surface area contributed by atoms with Crippen LogP contribution in [0, 0.1) is 0 Å². The second-order valence-corrected chi connectivity index (χ2v) is 1.15. The first-order valence-electron chi connectivity index (χ1n) is 2.63. The van der Waals surface area contributed by atoms with Crippen LogP contribution in [-0.4, -0.2) is 26.2 Å². The number of rotatable bonds is 2. The van der Waals surface area contributed by atoms with Crippen LogP contribution in [0.4, 0.5) is 0 Å². The molecule has 5 heteroatoms. The molecule has 60 valence electrons. The van der Waals surface area contributed by atoms with E-state index in [0.29, 0.717) is 26.2 Å². The third-order valence-electron chi connectivity index (χ3n) is 0.333. The molecule has 0 aromatic carbocycles. The number of nitrogens with two attached hydrogens (primary N) is 4. The fourth-order valence-corrected chi connectivity index (χ4v) is 0. The molecular weight excluding hydrogens is 205 g/mol. The van der Waals surface area contributed by atoms with E-state index >= 15 is 0 Å². The van der Waals surface area contributed by atoms with E-state index in [2.05, 4.69) is 0 Å². The van der Waals surface area contributed by atoms with Crippen molar-refractivity contribution in [3.8, 4) is 0 Å². The van der Waals surface area contributed by atoms with Gasteiger partial charge in [0.05, 0.1) is 0 Å². The summed E-state index contributed by atoms with van der Waals surface area (Å²) >= 11 is 0. The molecule has 0 aliphatic heterocycles. The summed E-state index contributed by atoms with van der Waals surface area (Å²) < 4.78 is 0. The SMILES string of the molecule is NCCN.NCCN.[Ru]. The molecule has 0 unspecified atom stereocenters. The van der Waals surface area contributed by atoms with Gasteiger partial charge in [0.1, 0.15) is 0 Å². The molecule has 4 nitrogen and oxygen atoms in total. The topological polar surface area (TPSA) is 104 Å². The summed E-state index contributed by atoms with van der Waals surface area (Å²) in [6.07, 6.45) is 0. The molecule has 0 heterocycles. The predicted molar refractivity (Wildman–Crippen MR) is 36.2 cm³/mol. The van der Waals surface area contributed by atoms with Crippen LogP contribution >= 0.6 is 0 Å². The van der Waals surface area contributed by atoms with Crippen LogP contribution in [0.5, 0.6) is 0 Å². The Hall–Kier alpha value is 0.463. The van der Waals surface area contributed by atoms with Gasteiger partial charge in [-0.25, -0.2) is 0 Å². The van der Waals surface area contributed by atoms with Gasteiger partial charge in [0.2, 0.25) is 0 Å². The van der Waals surface area contributed by atoms with Crippen LogP contribution in [0.3, 0.4) is 0 Å². The van der Waals surface area contributed by atoms with Crippen molar-refractivity contribution >= 4 is 0 Å². The van der Waals surface area contributed by atoms with E-state index in [1.54, 1.807) is 0 Å². The Labute approximate surface area is 69.1 Å². The minimum absolute atomic E-state index is 0. The Bertz CT molecular complexity index is 20.5. The maximum atomic E-state index is 4.90. The Morgan fingerprint density at radius 3 is 0.667 bits per heavy atom. The van der Waals surface area contributed by atoms with E-state index in [-0.39, 0.29) is 19.5 Å². The Balaban J connectivity index is -0.0000000720. The summed E-state index contributed by atoms with van der Waals surface area (Å²) in [5.41, 5.74) is 19.6. The average Bonchev–Trinajstić information content (AvgIpc) is 1.88. The molecule has 0 aliphatic carbocycles. The summed E-state index contributed by atoms with van der Waals surface area (Å²) in [6, 6.07) is 0. The van der Waals surface area contributed by atoms with Crippen LogP contribution in [0.2, 0.25) is 0 Å². The number of hydrogen-bond acceptors (Lipinski definition) is 4. The van der Waals surface area contributed by atoms with E-state index in [9.17, 15) is 0 Å². The molecule has 8 N–H and O–H groups in total. The molecule has 0 aliphatic rings. The maximum Gasteiger partial charge on any atom is 0.00461 e. The molecule has 0 aromatic heterocycles. The molecule has 0 saturated carbocycles. The smallest absolute Gasteiger partial charge is 0.00461 e. The van der Waals surface area contributed by atoms with Gasteiger partial charge in [0.15, 0.2) is 0 Å². The first-order valence-corrected chi connectivity index (χ1v) is 2.63. The zero-order valence-corrected chi connectivity index (χ0v) is 7.23. The third-order valence-corrected chi connectivity index (χ3v) is 0.333. The van der Waals surface area contributed by atoms with Crippen molar-refractivity contribution in [2.45, 2.75) is 0 Å². The van der Waals surface area contributed by atoms with Gasteiger partial charge in [0.25, 0.3) is 0 Å². The molecule has 0 spiro atoms. The first kappa shape index (κ1) is 16.2. The third kappa shape index (κ3) is 58.3. The summed E-state index contributed by atoms with van der Waals surface area (Å²) in [6.45, 7) is 2.39. The molecule has 0 rings (SSSR count). The largest absolute Gasteiger partial charge is 0.329 e. The van der Waals surface area contributed by atoms with E-state index in [1.165, 1.54) is 0 Å². The van der Waals surface area contributed by atoms with Crippen molar-refractivity contribution in [1.82, 2.24) is 0 Å². The Morgan fingerprint density at radius 1 is 0.556 bits per heavy atom. The van der Waals surface area contributed by atoms with Gasteiger partial charge < -0.3 is 22.9 Å².